The van der Waals surface area contributed by atoms with Gasteiger partial charge in [-0.25, -0.2) is 0 Å². The topological polar surface area (TPSA) is 44.3 Å². The third kappa shape index (κ3) is 7.25. The first kappa shape index (κ1) is 35.6. The van der Waals surface area contributed by atoms with Crippen LogP contribution in [-0.4, -0.2) is 36.2 Å². The molecule has 3 nitrogen and oxygen atoms in total. The molecule has 0 saturated heterocycles. The molecule has 0 radical (unpaired) electrons. The van der Waals surface area contributed by atoms with Gasteiger partial charge in [-0.15, -0.1) is 0 Å². The highest BCUT2D eigenvalue weighted by Crippen LogP contribution is 2.72. The minimum absolute atomic E-state index is 0.356. The van der Waals surface area contributed by atoms with Gasteiger partial charge in [0.1, 0.15) is 5.75 Å². The summed E-state index contributed by atoms with van der Waals surface area (Å²) in [5, 5.41) is 18.7. The summed E-state index contributed by atoms with van der Waals surface area (Å²) < 4.78 is 0. The Bertz CT molecular complexity index is 1520. The van der Waals surface area contributed by atoms with E-state index in [2.05, 4.69) is 102 Å². The number of rotatable bonds is 2. The van der Waals surface area contributed by atoms with E-state index < -0.39 is 0 Å². The predicted octanol–water partition coefficient (Wildman–Crippen LogP) is 10.6. The molecule has 9 atom stereocenters. The van der Waals surface area contributed by atoms with Crippen LogP contribution in [0.15, 0.2) is 54.6 Å². The van der Waals surface area contributed by atoms with Crippen LogP contribution in [0.1, 0.15) is 113 Å². The second kappa shape index (κ2) is 14.8. The number of allylic oxidation sites excluding steroid dienone is 2. The summed E-state index contributed by atoms with van der Waals surface area (Å²) in [6.07, 6.45) is 24.6. The fraction of sp³-hybridized carbons (Fsp3) is 0.689. The van der Waals surface area contributed by atoms with Crippen molar-refractivity contribution in [2.45, 2.75) is 116 Å². The molecule has 2 aromatic rings. The molecule has 3 N–H and O–H groups in total. The molecule has 4 bridgehead atoms. The van der Waals surface area contributed by atoms with Crippen LogP contribution in [0, 0.1) is 51.8 Å². The average Bonchev–Trinajstić information content (AvgIpc) is 3.66. The number of benzene rings is 2. The highest BCUT2D eigenvalue weighted by molar-refractivity contribution is 8.76. The van der Waals surface area contributed by atoms with Gasteiger partial charge in [0.15, 0.2) is 0 Å². The summed E-state index contributed by atoms with van der Waals surface area (Å²) in [5.41, 5.74) is 6.80. The lowest BCUT2D eigenvalue weighted by Gasteiger charge is -2.60. The van der Waals surface area contributed by atoms with Crippen LogP contribution < -0.4 is 10.6 Å². The van der Waals surface area contributed by atoms with E-state index >= 15 is 0 Å². The third-order valence-electron chi connectivity index (χ3n) is 14.9. The summed E-state index contributed by atoms with van der Waals surface area (Å²) in [6, 6.07) is 16.0. The number of aromatic hydroxyl groups is 1. The zero-order valence-corrected chi connectivity index (χ0v) is 32.9. The molecule has 2 aromatic carbocycles. The van der Waals surface area contributed by atoms with Crippen LogP contribution in [0.25, 0.3) is 0 Å². The van der Waals surface area contributed by atoms with Gasteiger partial charge in [-0.05, 0) is 184 Å². The monoisotopic (exact) mass is 712 g/mol. The van der Waals surface area contributed by atoms with Crippen LogP contribution in [0.3, 0.4) is 0 Å². The van der Waals surface area contributed by atoms with E-state index in [9.17, 15) is 5.11 Å². The van der Waals surface area contributed by atoms with Gasteiger partial charge >= 0.3 is 0 Å². The van der Waals surface area contributed by atoms with Crippen LogP contribution in [0.5, 0.6) is 5.75 Å². The molecule has 8 rings (SSSR count). The van der Waals surface area contributed by atoms with Crippen molar-refractivity contribution >= 4 is 21.6 Å². The lowest BCUT2D eigenvalue weighted by molar-refractivity contribution is -0.0844. The highest BCUT2D eigenvalue weighted by atomic mass is 33.1. The Hall–Kier alpha value is -1.40. The Labute approximate surface area is 311 Å². The summed E-state index contributed by atoms with van der Waals surface area (Å²) in [6.45, 7) is 7.01. The third-order valence-corrected chi connectivity index (χ3v) is 17.6. The maximum atomic E-state index is 11.2. The van der Waals surface area contributed by atoms with Crippen LogP contribution in [0.4, 0.5) is 0 Å². The van der Waals surface area contributed by atoms with Crippen molar-refractivity contribution in [2.24, 2.45) is 51.8 Å². The van der Waals surface area contributed by atoms with Crippen molar-refractivity contribution < 1.29 is 5.11 Å². The molecule has 50 heavy (non-hydrogen) atoms. The SMILES string of the molecule is CNCC1CC2(CC3C4Cc5cc(O)cc(c5)Cc5ccccc5CNC(C)CSSCC(C4)CC3C3(C=CCC(C)C3)C2)CC12CCCC2. The Morgan fingerprint density at radius 2 is 1.72 bits per heavy atom. The van der Waals surface area contributed by atoms with Crippen molar-refractivity contribution in [3.05, 3.63) is 76.9 Å². The van der Waals surface area contributed by atoms with Gasteiger partial charge in [0.25, 0.3) is 0 Å². The minimum Gasteiger partial charge on any atom is -0.508 e. The van der Waals surface area contributed by atoms with Crippen molar-refractivity contribution in [1.82, 2.24) is 10.6 Å². The molecule has 5 aliphatic carbocycles. The largest absolute Gasteiger partial charge is 0.508 e. The summed E-state index contributed by atoms with van der Waals surface area (Å²) in [4.78, 5) is 0. The van der Waals surface area contributed by atoms with Gasteiger partial charge in [0.2, 0.25) is 0 Å². The Kier molecular flexibility index (Phi) is 10.5. The number of fused-ring (bicyclic) bond motifs is 8. The van der Waals surface area contributed by atoms with Gasteiger partial charge in [-0.2, -0.15) is 0 Å². The van der Waals surface area contributed by atoms with E-state index in [0.29, 0.717) is 34.0 Å². The Morgan fingerprint density at radius 1 is 0.920 bits per heavy atom. The molecular weight excluding hydrogens is 649 g/mol. The van der Waals surface area contributed by atoms with Crippen molar-refractivity contribution in [1.29, 1.82) is 0 Å². The fourth-order valence-electron chi connectivity index (χ4n) is 13.3. The standard InChI is InChI=1S/C45H64N2OS2/c1-31-9-8-14-45(22-31)30-43(23-39(26-46-3)44(29-43)12-6-7-13-44)24-41-38-17-34-15-33(19-40(48)20-34)16-36-10-4-5-11-37(36)25-47-32(2)27-49-50-28-35(18-38)21-42(41)45/h4-5,8,10-11,14-15,19-20,31-32,35,38-39,41-42,46-48H,6-7,9,12-13,16-18,21-30H2,1-3H3. The molecule has 272 valence electrons. The Balaban J connectivity index is 1.17. The van der Waals surface area contributed by atoms with Gasteiger partial charge in [0.05, 0.1) is 0 Å². The lowest BCUT2D eigenvalue weighted by Crippen LogP contribution is -2.52. The van der Waals surface area contributed by atoms with E-state index in [1.807, 2.05) is 6.07 Å². The molecule has 9 unspecified atom stereocenters. The number of phenolic OH excluding ortho intramolecular Hbond substituents is 1. The zero-order valence-electron chi connectivity index (χ0n) is 31.2. The number of hydrogen-bond acceptors (Lipinski definition) is 5. The summed E-state index contributed by atoms with van der Waals surface area (Å²) >= 11 is 0. The maximum Gasteiger partial charge on any atom is 0.116 e. The van der Waals surface area contributed by atoms with E-state index in [4.69, 9.17) is 0 Å². The molecule has 4 saturated carbocycles. The highest BCUT2D eigenvalue weighted by Gasteiger charge is 2.63. The van der Waals surface area contributed by atoms with Gasteiger partial charge in [0, 0.05) is 24.1 Å². The average molecular weight is 713 g/mol. The first-order valence-corrected chi connectivity index (χ1v) is 22.9. The van der Waals surface area contributed by atoms with E-state index in [1.54, 1.807) is 0 Å². The molecule has 6 aliphatic rings. The smallest absolute Gasteiger partial charge is 0.116 e. The first-order chi connectivity index (χ1) is 24.3. The summed E-state index contributed by atoms with van der Waals surface area (Å²) in [7, 11) is 6.46. The number of nitrogens with one attached hydrogen (secondary N) is 2. The van der Waals surface area contributed by atoms with Gasteiger partial charge in [-0.1, -0.05) is 83.8 Å². The molecule has 3 spiro atoms. The van der Waals surface area contributed by atoms with Crippen LogP contribution >= 0.6 is 21.6 Å². The maximum absolute atomic E-state index is 11.2. The predicted molar refractivity (Wildman–Crippen MR) is 215 cm³/mol. The number of hydrogen-bond donors (Lipinski definition) is 3. The zero-order chi connectivity index (χ0) is 34.3. The van der Waals surface area contributed by atoms with Crippen molar-refractivity contribution in [3.8, 4) is 5.75 Å². The number of phenols is 1. The van der Waals surface area contributed by atoms with Crippen LogP contribution in [0.2, 0.25) is 0 Å². The van der Waals surface area contributed by atoms with Crippen LogP contribution in [-0.2, 0) is 19.4 Å². The molecule has 0 amide bonds. The summed E-state index contributed by atoms with van der Waals surface area (Å²) in [5.74, 6) is 7.52. The second-order valence-electron chi connectivity index (χ2n) is 18.6. The molecule has 5 heteroatoms. The quantitative estimate of drug-likeness (QED) is 0.214. The lowest BCUT2D eigenvalue weighted by atomic mass is 9.44. The molecule has 4 fully saturated rings. The van der Waals surface area contributed by atoms with E-state index in [-0.39, 0.29) is 0 Å². The Morgan fingerprint density at radius 3 is 2.54 bits per heavy atom. The molecule has 1 heterocycles. The van der Waals surface area contributed by atoms with Gasteiger partial charge < -0.3 is 15.7 Å². The molecule has 1 aliphatic heterocycles. The van der Waals surface area contributed by atoms with Crippen molar-refractivity contribution in [2.75, 3.05) is 25.1 Å². The molecule has 0 aromatic heterocycles. The normalized spacial score (nSPS) is 38.6. The second-order valence-corrected chi connectivity index (χ2v) is 21.2. The first-order valence-electron chi connectivity index (χ1n) is 20.4. The fourth-order valence-corrected chi connectivity index (χ4v) is 16.0. The molecular formula is C45H64N2OS2. The minimum atomic E-state index is 0.356. The van der Waals surface area contributed by atoms with E-state index in [1.165, 1.54) is 112 Å². The van der Waals surface area contributed by atoms with E-state index in [0.717, 1.165) is 54.7 Å². The van der Waals surface area contributed by atoms with Gasteiger partial charge in [-0.3, -0.25) is 0 Å². The van der Waals surface area contributed by atoms with Crippen molar-refractivity contribution in [3.63, 3.8) is 0 Å².